The van der Waals surface area contributed by atoms with Crippen molar-refractivity contribution in [2.24, 2.45) is 0 Å². The average molecular weight is 226 g/mol. The van der Waals surface area contributed by atoms with Gasteiger partial charge in [-0.05, 0) is 12.5 Å². The highest BCUT2D eigenvalue weighted by atomic mass is 16.5. The fraction of sp³-hybridized carbons (Fsp3) is 0.267. The van der Waals surface area contributed by atoms with Crippen molar-refractivity contribution < 1.29 is 11.0 Å². The molecule has 0 amide bonds. The maximum atomic E-state index is 12.0. The van der Waals surface area contributed by atoms with E-state index in [2.05, 4.69) is 6.07 Å². The molecule has 86 valence electrons. The Bertz CT molecular complexity index is 502. The van der Waals surface area contributed by atoms with E-state index in [0.29, 0.717) is 6.42 Å². The van der Waals surface area contributed by atoms with Crippen molar-refractivity contribution in [3.05, 3.63) is 59.6 Å². The van der Waals surface area contributed by atoms with E-state index in [4.69, 9.17) is 4.74 Å². The largest absolute Gasteiger partial charge is 1.00 e. The van der Waals surface area contributed by atoms with Crippen LogP contribution in [0.5, 0.6) is 0 Å². The molecule has 0 N–H and O–H groups in total. The highest BCUT2D eigenvalue weighted by molar-refractivity contribution is 5.98. The zero-order valence-electron chi connectivity index (χ0n) is 10.5. The van der Waals surface area contributed by atoms with Crippen LogP contribution >= 0.6 is 0 Å². The van der Waals surface area contributed by atoms with Gasteiger partial charge in [-0.3, -0.25) is 4.79 Å². The van der Waals surface area contributed by atoms with Crippen molar-refractivity contribution in [2.75, 3.05) is 0 Å². The molecule has 1 aromatic carbocycles. The molecule has 2 aliphatic rings. The minimum Gasteiger partial charge on any atom is -0.469 e. The van der Waals surface area contributed by atoms with Crippen LogP contribution in [-0.4, -0.2) is 5.78 Å². The summed E-state index contributed by atoms with van der Waals surface area (Å²) in [5, 5.41) is 0. The molecule has 0 saturated carbocycles. The molecule has 1 heterocycles. The Morgan fingerprint density at radius 1 is 1.29 bits per heavy atom. The van der Waals surface area contributed by atoms with Crippen molar-refractivity contribution in [3.63, 3.8) is 0 Å². The molecule has 0 fully saturated rings. The molecule has 2 heteroatoms. The number of benzene rings is 1. The van der Waals surface area contributed by atoms with Gasteiger partial charge in [0.25, 0.3) is 0 Å². The molecule has 2 nitrogen and oxygen atoms in total. The average Bonchev–Trinajstić information content (AvgIpc) is 2.39. The van der Waals surface area contributed by atoms with E-state index in [9.17, 15) is 4.79 Å². The second-order valence-electron chi connectivity index (χ2n) is 4.37. The lowest BCUT2D eigenvalue weighted by molar-refractivity contribution is -0.116. The zero-order valence-corrected chi connectivity index (χ0v) is 9.48. The van der Waals surface area contributed by atoms with Crippen molar-refractivity contribution >= 4 is 5.78 Å². The van der Waals surface area contributed by atoms with Crippen LogP contribution < -0.4 is 0 Å². The third-order valence-corrected chi connectivity index (χ3v) is 3.30. The molecule has 0 aromatic heterocycles. The fourth-order valence-electron chi connectivity index (χ4n) is 2.48. The van der Waals surface area contributed by atoms with Gasteiger partial charge >= 0.3 is 1.43 Å². The Kier molecular flexibility index (Phi) is 2.56. The molecular formula is C15H14O2. The summed E-state index contributed by atoms with van der Waals surface area (Å²) >= 11 is 0. The van der Waals surface area contributed by atoms with Gasteiger partial charge in [-0.2, -0.15) is 30.3 Å². The first-order valence-electron chi connectivity index (χ1n) is 5.92. The SMILES string of the molecule is O=C1CCCC2=C1[C@@H](c1cc[c-]cc1)C=CO2.[H+]. The van der Waals surface area contributed by atoms with E-state index in [0.717, 1.165) is 29.7 Å². The third-order valence-electron chi connectivity index (χ3n) is 3.30. The van der Waals surface area contributed by atoms with Crippen molar-refractivity contribution in [2.45, 2.75) is 25.2 Å². The van der Waals surface area contributed by atoms with Crippen LogP contribution in [0, 0.1) is 6.07 Å². The van der Waals surface area contributed by atoms with Gasteiger partial charge in [0, 0.05) is 24.3 Å². The molecule has 1 atom stereocenters. The number of rotatable bonds is 1. The number of ether oxygens (including phenoxy) is 1. The van der Waals surface area contributed by atoms with Crippen molar-refractivity contribution in [1.29, 1.82) is 0 Å². The number of Topliss-reactive ketones (excluding diaryl/α,β-unsaturated/α-hetero) is 1. The highest BCUT2D eigenvalue weighted by Crippen LogP contribution is 2.37. The zero-order chi connectivity index (χ0) is 11.7. The first kappa shape index (κ1) is 10.3. The third kappa shape index (κ3) is 1.80. The van der Waals surface area contributed by atoms with Crippen LogP contribution in [0.25, 0.3) is 0 Å². The number of allylic oxidation sites excluding steroid dienone is 3. The molecular weight excluding hydrogens is 212 g/mol. The molecule has 1 aliphatic heterocycles. The Hall–Kier alpha value is -1.83. The van der Waals surface area contributed by atoms with E-state index in [1.54, 1.807) is 6.26 Å². The lowest BCUT2D eigenvalue weighted by atomic mass is 9.82. The van der Waals surface area contributed by atoms with Gasteiger partial charge in [-0.25, -0.2) is 0 Å². The van der Waals surface area contributed by atoms with Crippen LogP contribution in [0.4, 0.5) is 0 Å². The fourth-order valence-corrected chi connectivity index (χ4v) is 2.48. The molecule has 0 radical (unpaired) electrons. The molecule has 0 saturated heterocycles. The van der Waals surface area contributed by atoms with Gasteiger partial charge < -0.3 is 4.74 Å². The minimum atomic E-state index is 0. The van der Waals surface area contributed by atoms with Crippen LogP contribution in [0.15, 0.2) is 47.9 Å². The quantitative estimate of drug-likeness (QED) is 0.687. The minimum absolute atomic E-state index is 0. The topological polar surface area (TPSA) is 26.3 Å². The van der Waals surface area contributed by atoms with E-state index in [1.165, 1.54) is 0 Å². The van der Waals surface area contributed by atoms with Crippen LogP contribution in [-0.2, 0) is 9.53 Å². The standard InChI is InChI=1S/C15H13O2/c16-13-7-4-8-14-15(13)12(9-10-17-14)11-5-2-1-3-6-11/h2-3,5-6,9-10,12H,4,7-8H2/q-1/p+1/t12-/m1/s1. The number of hydrogen-bond donors (Lipinski definition) is 0. The predicted molar refractivity (Wildman–Crippen MR) is 65.2 cm³/mol. The van der Waals surface area contributed by atoms with E-state index in [-0.39, 0.29) is 13.1 Å². The van der Waals surface area contributed by atoms with Crippen molar-refractivity contribution in [3.8, 4) is 0 Å². The number of carbonyl (C=O) groups excluding carboxylic acids is 1. The first-order chi connectivity index (χ1) is 8.36. The number of carbonyl (C=O) groups is 1. The summed E-state index contributed by atoms with van der Waals surface area (Å²) in [5.74, 6) is 1.15. The van der Waals surface area contributed by atoms with Gasteiger partial charge in [-0.15, -0.1) is 5.56 Å². The maximum Gasteiger partial charge on any atom is 1.00 e. The highest BCUT2D eigenvalue weighted by Gasteiger charge is 2.29. The van der Waals surface area contributed by atoms with Gasteiger partial charge in [0.15, 0.2) is 5.78 Å². The molecule has 17 heavy (non-hydrogen) atoms. The normalized spacial score (nSPS) is 23.3. The van der Waals surface area contributed by atoms with E-state index in [1.807, 2.05) is 30.3 Å². The first-order valence-corrected chi connectivity index (χ1v) is 5.92. The molecule has 0 unspecified atom stereocenters. The lowest BCUT2D eigenvalue weighted by Gasteiger charge is -2.28. The van der Waals surface area contributed by atoms with Gasteiger partial charge in [0.2, 0.25) is 0 Å². The molecule has 3 rings (SSSR count). The summed E-state index contributed by atoms with van der Waals surface area (Å²) in [5.41, 5.74) is 1.98. The second-order valence-corrected chi connectivity index (χ2v) is 4.37. The molecule has 0 bridgehead atoms. The number of ketones is 1. The Morgan fingerprint density at radius 2 is 2.12 bits per heavy atom. The summed E-state index contributed by atoms with van der Waals surface area (Å²) in [6, 6.07) is 10.8. The molecule has 0 spiro atoms. The summed E-state index contributed by atoms with van der Waals surface area (Å²) in [4.78, 5) is 12.0. The smallest absolute Gasteiger partial charge is 0.469 e. The summed E-state index contributed by atoms with van der Waals surface area (Å²) < 4.78 is 5.47. The van der Waals surface area contributed by atoms with Gasteiger partial charge in [-0.1, -0.05) is 0 Å². The molecule has 1 aliphatic carbocycles. The lowest BCUT2D eigenvalue weighted by Crippen LogP contribution is -2.20. The van der Waals surface area contributed by atoms with Crippen LogP contribution in [0.3, 0.4) is 0 Å². The van der Waals surface area contributed by atoms with E-state index >= 15 is 0 Å². The summed E-state index contributed by atoms with van der Waals surface area (Å²) in [6.45, 7) is 0. The Morgan fingerprint density at radius 3 is 2.94 bits per heavy atom. The Labute approximate surface area is 102 Å². The predicted octanol–water partition coefficient (Wildman–Crippen LogP) is 3.23. The number of hydrogen-bond acceptors (Lipinski definition) is 2. The van der Waals surface area contributed by atoms with Crippen LogP contribution in [0.1, 0.15) is 32.2 Å². The van der Waals surface area contributed by atoms with Crippen LogP contribution in [0.2, 0.25) is 0 Å². The summed E-state index contributed by atoms with van der Waals surface area (Å²) in [6.07, 6.45) is 6.09. The Balaban J connectivity index is 0.00000120. The van der Waals surface area contributed by atoms with Gasteiger partial charge in [0.05, 0.1) is 6.26 Å². The second kappa shape index (κ2) is 4.21. The monoisotopic (exact) mass is 226 g/mol. The maximum absolute atomic E-state index is 12.0. The summed E-state index contributed by atoms with van der Waals surface area (Å²) in [7, 11) is 0. The van der Waals surface area contributed by atoms with Crippen molar-refractivity contribution in [1.82, 2.24) is 0 Å². The molecule has 1 aromatic rings. The van der Waals surface area contributed by atoms with Gasteiger partial charge in [0.1, 0.15) is 5.76 Å². The van der Waals surface area contributed by atoms with E-state index < -0.39 is 0 Å².